The molecule has 190 valence electrons. The van der Waals surface area contributed by atoms with Crippen LogP contribution < -0.4 is 31.8 Å². The first-order valence-corrected chi connectivity index (χ1v) is 17.0. The second-order valence-electron chi connectivity index (χ2n) is 9.55. The van der Waals surface area contributed by atoms with Crippen LogP contribution in [0.4, 0.5) is 0 Å². The van der Waals surface area contributed by atoms with Gasteiger partial charge in [0, 0.05) is 0 Å². The van der Waals surface area contributed by atoms with Gasteiger partial charge in [-0.15, -0.1) is 0 Å². The van der Waals surface area contributed by atoms with Crippen LogP contribution in [0.15, 0.2) is 187 Å². The second-order valence-corrected chi connectivity index (χ2v) is 16.3. The van der Waals surface area contributed by atoms with Crippen LogP contribution in [-0.4, -0.2) is 0 Å². The van der Waals surface area contributed by atoms with Crippen LogP contribution in [0.2, 0.25) is 0 Å². The first kappa shape index (κ1) is 25.3. The quantitative estimate of drug-likeness (QED) is 0.198. The summed E-state index contributed by atoms with van der Waals surface area (Å²) in [6.45, 7) is 0. The first-order chi connectivity index (χ1) is 19.3. The van der Waals surface area contributed by atoms with Gasteiger partial charge in [0.05, 0.1) is 0 Å². The molecule has 6 rings (SSSR count). The Morgan fingerprint density at radius 1 is 0.308 bits per heavy atom. The predicted octanol–water partition coefficient (Wildman–Crippen LogP) is 6.81. The van der Waals surface area contributed by atoms with Crippen LogP contribution in [0.3, 0.4) is 0 Å². The molecule has 0 fully saturated rings. The van der Waals surface area contributed by atoms with Crippen molar-refractivity contribution < 1.29 is 0 Å². The normalized spacial score (nSPS) is 12.0. The fraction of sp³-hybridized carbons (Fsp3) is 0. The summed E-state index contributed by atoms with van der Waals surface area (Å²) in [7, 11) is -5.42. The van der Waals surface area contributed by atoms with Gasteiger partial charge in [-0.2, -0.15) is 0 Å². The van der Waals surface area contributed by atoms with Crippen molar-refractivity contribution in [3.8, 4) is 0 Å². The Balaban J connectivity index is 1.88. The summed E-state index contributed by atoms with van der Waals surface area (Å²) in [6.07, 6.45) is 0. The third-order valence-corrected chi connectivity index (χ3v) is 16.3. The summed E-state index contributed by atoms with van der Waals surface area (Å²) in [6, 6.07) is 65.8. The summed E-state index contributed by atoms with van der Waals surface area (Å²) < 4.78 is 6.41. The Hall–Kier alpha value is -4.02. The van der Waals surface area contributed by atoms with E-state index in [-0.39, 0.29) is 0 Å². The number of hydrogen-bond donors (Lipinski definition) is 0. The molecule has 0 radical (unpaired) electrons. The van der Waals surface area contributed by atoms with Gasteiger partial charge in [0.2, 0.25) is 0 Å². The van der Waals surface area contributed by atoms with Gasteiger partial charge >= 0.3 is 233 Å². The van der Waals surface area contributed by atoms with Crippen molar-refractivity contribution in [1.82, 2.24) is 0 Å². The molecule has 39 heavy (non-hydrogen) atoms. The number of rotatable bonds is 7. The zero-order chi connectivity index (χ0) is 26.4. The van der Waals surface area contributed by atoms with Gasteiger partial charge in [0.15, 0.2) is 0 Å². The van der Waals surface area contributed by atoms with Crippen LogP contribution in [-0.2, 0) is 0 Å². The molecule has 0 aliphatic carbocycles. The van der Waals surface area contributed by atoms with Gasteiger partial charge in [-0.1, -0.05) is 0 Å². The van der Waals surface area contributed by atoms with Crippen LogP contribution in [0.1, 0.15) is 0 Å². The SMILES string of the molecule is c1ccc(P(=N[PH](c2ccccc2)(c2ccccc2)c2ccccc2)(c2ccccc2)c2ccccc2)cc1. The van der Waals surface area contributed by atoms with Crippen molar-refractivity contribution in [2.45, 2.75) is 0 Å². The van der Waals surface area contributed by atoms with Crippen molar-refractivity contribution in [1.29, 1.82) is 0 Å². The van der Waals surface area contributed by atoms with Gasteiger partial charge < -0.3 is 0 Å². The van der Waals surface area contributed by atoms with Crippen molar-refractivity contribution in [2.75, 3.05) is 0 Å². The molecular weight excluding hydrogens is 508 g/mol. The fourth-order valence-corrected chi connectivity index (χ4v) is 15.8. The molecule has 0 heterocycles. The zero-order valence-electron chi connectivity index (χ0n) is 21.7. The molecule has 0 saturated carbocycles. The van der Waals surface area contributed by atoms with E-state index in [1.807, 2.05) is 0 Å². The Morgan fingerprint density at radius 2 is 0.538 bits per heavy atom. The summed E-state index contributed by atoms with van der Waals surface area (Å²) in [5.74, 6) is 0. The van der Waals surface area contributed by atoms with Crippen LogP contribution >= 0.6 is 14.5 Å². The topological polar surface area (TPSA) is 12.4 Å². The molecule has 0 bridgehead atoms. The third-order valence-electron chi connectivity index (χ3n) is 7.26. The molecule has 3 heteroatoms. The van der Waals surface area contributed by atoms with Crippen LogP contribution in [0.25, 0.3) is 0 Å². The maximum atomic E-state index is 6.41. The molecule has 6 aromatic rings. The van der Waals surface area contributed by atoms with E-state index in [4.69, 9.17) is 4.52 Å². The van der Waals surface area contributed by atoms with E-state index in [1.165, 1.54) is 31.8 Å². The van der Waals surface area contributed by atoms with E-state index in [9.17, 15) is 0 Å². The zero-order valence-corrected chi connectivity index (χ0v) is 23.6. The molecule has 0 amide bonds. The van der Waals surface area contributed by atoms with E-state index < -0.39 is 14.5 Å². The van der Waals surface area contributed by atoms with Gasteiger partial charge in [-0.25, -0.2) is 0 Å². The Labute approximate surface area is 232 Å². The average Bonchev–Trinajstić information content (AvgIpc) is 3.04. The minimum atomic E-state index is -2.93. The second kappa shape index (κ2) is 11.4. The summed E-state index contributed by atoms with van der Waals surface area (Å²) >= 11 is 0. The van der Waals surface area contributed by atoms with E-state index in [0.717, 1.165) is 0 Å². The molecular formula is C36H31NP2. The van der Waals surface area contributed by atoms with Gasteiger partial charge in [-0.3, -0.25) is 0 Å². The van der Waals surface area contributed by atoms with Gasteiger partial charge in [0.25, 0.3) is 0 Å². The number of benzene rings is 6. The van der Waals surface area contributed by atoms with Crippen LogP contribution in [0.5, 0.6) is 0 Å². The van der Waals surface area contributed by atoms with Gasteiger partial charge in [0.1, 0.15) is 0 Å². The Morgan fingerprint density at radius 3 is 0.795 bits per heavy atom. The molecule has 0 N–H and O–H groups in total. The van der Waals surface area contributed by atoms with Crippen LogP contribution in [0, 0.1) is 0 Å². The van der Waals surface area contributed by atoms with Crippen molar-refractivity contribution >= 4 is 46.3 Å². The molecule has 0 aliphatic rings. The van der Waals surface area contributed by atoms with Crippen molar-refractivity contribution in [3.05, 3.63) is 182 Å². The average molecular weight is 540 g/mol. The van der Waals surface area contributed by atoms with Crippen molar-refractivity contribution in [3.63, 3.8) is 0 Å². The van der Waals surface area contributed by atoms with E-state index in [0.29, 0.717) is 0 Å². The van der Waals surface area contributed by atoms with E-state index in [1.54, 1.807) is 0 Å². The van der Waals surface area contributed by atoms with E-state index in [2.05, 4.69) is 182 Å². The first-order valence-electron chi connectivity index (χ1n) is 13.3. The molecule has 0 atom stereocenters. The fourth-order valence-electron chi connectivity index (χ4n) is 5.49. The third kappa shape index (κ3) is 4.70. The van der Waals surface area contributed by atoms with Gasteiger partial charge in [-0.05, 0) is 0 Å². The monoisotopic (exact) mass is 539 g/mol. The number of hydrogen-bond acceptors (Lipinski definition) is 1. The predicted molar refractivity (Wildman–Crippen MR) is 174 cm³/mol. The number of nitrogens with zero attached hydrogens (tertiary/aromatic N) is 1. The Bertz CT molecular complexity index is 1470. The molecule has 6 aromatic carbocycles. The molecule has 0 unspecified atom stereocenters. The summed E-state index contributed by atoms with van der Waals surface area (Å²) in [5, 5.41) is 7.66. The van der Waals surface area contributed by atoms with Crippen molar-refractivity contribution in [2.24, 2.45) is 4.52 Å². The minimum absolute atomic E-state index is 1.27. The molecule has 0 aliphatic heterocycles. The molecule has 0 saturated heterocycles. The molecule has 0 aromatic heterocycles. The summed E-state index contributed by atoms with van der Waals surface area (Å²) in [5.41, 5.74) is 0. The standard InChI is InChI=1S/C36H31NP2/c1-7-19-31(20-8-1)38(32-21-9-2-10-22-32,33-23-11-3-12-24-33)37-39(34-25-13-4-14-26-34,35-27-15-5-16-28-35)36-29-17-6-18-30-36/h1-30,38H. The summed E-state index contributed by atoms with van der Waals surface area (Å²) in [4.78, 5) is 0. The Kier molecular flexibility index (Phi) is 7.38. The maximum absolute atomic E-state index is 6.41. The molecule has 0 spiro atoms. The van der Waals surface area contributed by atoms with E-state index >= 15 is 0 Å². The molecule has 1 nitrogen and oxygen atoms in total.